The molecule has 0 aliphatic heterocycles. The third kappa shape index (κ3) is 2.63. The molecule has 0 unspecified atom stereocenters. The molecular formula is C13H14N4O. The molecule has 0 aliphatic rings. The number of primary amides is 1. The number of benzene rings is 1. The second-order valence-electron chi connectivity index (χ2n) is 3.74. The van der Waals surface area contributed by atoms with Gasteiger partial charge in [-0.2, -0.15) is 0 Å². The SMILES string of the molecule is CCNc1nccc(-c2ccc(C(N)=O)cc2)n1. The maximum atomic E-state index is 11.0. The van der Waals surface area contributed by atoms with Crippen LogP contribution in [0.5, 0.6) is 0 Å². The zero-order chi connectivity index (χ0) is 13.0. The summed E-state index contributed by atoms with van der Waals surface area (Å²) in [6, 6.07) is 8.83. The molecule has 0 spiro atoms. The first kappa shape index (κ1) is 12.0. The fraction of sp³-hybridized carbons (Fsp3) is 0.154. The molecule has 92 valence electrons. The molecule has 1 amide bonds. The molecule has 0 saturated heterocycles. The highest BCUT2D eigenvalue weighted by Gasteiger charge is 2.03. The van der Waals surface area contributed by atoms with Crippen molar-refractivity contribution >= 4 is 11.9 Å². The molecule has 5 heteroatoms. The normalized spacial score (nSPS) is 10.1. The zero-order valence-corrected chi connectivity index (χ0v) is 10.1. The van der Waals surface area contributed by atoms with Crippen LogP contribution in [-0.2, 0) is 0 Å². The van der Waals surface area contributed by atoms with Crippen molar-refractivity contribution in [1.82, 2.24) is 9.97 Å². The number of aromatic nitrogens is 2. The lowest BCUT2D eigenvalue weighted by molar-refractivity contribution is 0.100. The maximum Gasteiger partial charge on any atom is 0.248 e. The molecule has 0 aliphatic carbocycles. The van der Waals surface area contributed by atoms with Crippen LogP contribution in [0, 0.1) is 0 Å². The van der Waals surface area contributed by atoms with Crippen LogP contribution in [0.1, 0.15) is 17.3 Å². The van der Waals surface area contributed by atoms with Gasteiger partial charge in [-0.25, -0.2) is 9.97 Å². The summed E-state index contributed by atoms with van der Waals surface area (Å²) >= 11 is 0. The maximum absolute atomic E-state index is 11.0. The second kappa shape index (κ2) is 5.27. The van der Waals surface area contributed by atoms with Gasteiger partial charge < -0.3 is 11.1 Å². The van der Waals surface area contributed by atoms with Crippen molar-refractivity contribution in [3.05, 3.63) is 42.1 Å². The Hall–Kier alpha value is -2.43. The molecule has 1 heterocycles. The lowest BCUT2D eigenvalue weighted by Crippen LogP contribution is -2.10. The zero-order valence-electron chi connectivity index (χ0n) is 10.1. The molecule has 0 atom stereocenters. The monoisotopic (exact) mass is 242 g/mol. The summed E-state index contributed by atoms with van der Waals surface area (Å²) in [6.45, 7) is 2.75. The summed E-state index contributed by atoms with van der Waals surface area (Å²) in [5.74, 6) is 0.159. The molecular weight excluding hydrogens is 228 g/mol. The summed E-state index contributed by atoms with van der Waals surface area (Å²) in [5, 5.41) is 3.05. The highest BCUT2D eigenvalue weighted by Crippen LogP contribution is 2.18. The Morgan fingerprint density at radius 2 is 2.00 bits per heavy atom. The van der Waals surface area contributed by atoms with Crippen LogP contribution in [0.25, 0.3) is 11.3 Å². The van der Waals surface area contributed by atoms with E-state index in [0.29, 0.717) is 11.5 Å². The third-order valence-corrected chi connectivity index (χ3v) is 2.46. The van der Waals surface area contributed by atoms with E-state index in [1.165, 1.54) is 0 Å². The Bertz CT molecular complexity index is 551. The van der Waals surface area contributed by atoms with E-state index in [0.717, 1.165) is 17.8 Å². The van der Waals surface area contributed by atoms with E-state index in [1.807, 2.05) is 25.1 Å². The van der Waals surface area contributed by atoms with Gasteiger partial charge in [0.05, 0.1) is 5.69 Å². The lowest BCUT2D eigenvalue weighted by Gasteiger charge is -2.05. The van der Waals surface area contributed by atoms with Crippen molar-refractivity contribution in [2.24, 2.45) is 5.73 Å². The van der Waals surface area contributed by atoms with Crippen LogP contribution in [0.15, 0.2) is 36.5 Å². The third-order valence-electron chi connectivity index (χ3n) is 2.46. The molecule has 0 bridgehead atoms. The van der Waals surface area contributed by atoms with Gasteiger partial charge >= 0.3 is 0 Å². The van der Waals surface area contributed by atoms with Crippen molar-refractivity contribution in [1.29, 1.82) is 0 Å². The summed E-state index contributed by atoms with van der Waals surface area (Å²) in [6.07, 6.45) is 1.70. The fourth-order valence-electron chi connectivity index (χ4n) is 1.57. The van der Waals surface area contributed by atoms with Gasteiger partial charge in [-0.05, 0) is 25.1 Å². The minimum Gasteiger partial charge on any atom is -0.366 e. The predicted octanol–water partition coefficient (Wildman–Crippen LogP) is 1.67. The van der Waals surface area contributed by atoms with Crippen LogP contribution >= 0.6 is 0 Å². The number of amides is 1. The van der Waals surface area contributed by atoms with Crippen LogP contribution in [-0.4, -0.2) is 22.4 Å². The van der Waals surface area contributed by atoms with E-state index in [-0.39, 0.29) is 0 Å². The van der Waals surface area contributed by atoms with Gasteiger partial charge in [-0.1, -0.05) is 12.1 Å². The molecule has 2 aromatic rings. The highest BCUT2D eigenvalue weighted by molar-refractivity contribution is 5.93. The number of hydrogen-bond donors (Lipinski definition) is 2. The molecule has 0 saturated carbocycles. The number of anilines is 1. The highest BCUT2D eigenvalue weighted by atomic mass is 16.1. The summed E-state index contributed by atoms with van der Waals surface area (Å²) < 4.78 is 0. The Morgan fingerprint density at radius 1 is 1.28 bits per heavy atom. The number of hydrogen-bond acceptors (Lipinski definition) is 4. The van der Waals surface area contributed by atoms with Crippen LogP contribution in [0.2, 0.25) is 0 Å². The minimum absolute atomic E-state index is 0.433. The molecule has 3 N–H and O–H groups in total. The first-order valence-corrected chi connectivity index (χ1v) is 5.68. The quantitative estimate of drug-likeness (QED) is 0.854. The number of carbonyl (C=O) groups excluding carboxylic acids is 1. The molecule has 5 nitrogen and oxygen atoms in total. The molecule has 1 aromatic carbocycles. The Balaban J connectivity index is 2.30. The van der Waals surface area contributed by atoms with Crippen molar-refractivity contribution in [3.8, 4) is 11.3 Å². The molecule has 0 radical (unpaired) electrons. The number of nitrogens with zero attached hydrogens (tertiary/aromatic N) is 2. The average Bonchev–Trinajstić information content (AvgIpc) is 2.39. The second-order valence-corrected chi connectivity index (χ2v) is 3.74. The number of rotatable bonds is 4. The fourth-order valence-corrected chi connectivity index (χ4v) is 1.57. The smallest absolute Gasteiger partial charge is 0.248 e. The number of carbonyl (C=O) groups is 1. The van der Waals surface area contributed by atoms with Crippen molar-refractivity contribution < 1.29 is 4.79 Å². The van der Waals surface area contributed by atoms with Gasteiger partial charge in [0.25, 0.3) is 0 Å². The molecule has 2 rings (SSSR count). The van der Waals surface area contributed by atoms with Gasteiger partial charge in [-0.3, -0.25) is 4.79 Å². The first-order chi connectivity index (χ1) is 8.70. The van der Waals surface area contributed by atoms with Gasteiger partial charge in [-0.15, -0.1) is 0 Å². The Morgan fingerprint density at radius 3 is 2.61 bits per heavy atom. The van der Waals surface area contributed by atoms with Crippen LogP contribution in [0.4, 0.5) is 5.95 Å². The van der Waals surface area contributed by atoms with Gasteiger partial charge in [0.2, 0.25) is 11.9 Å². The van der Waals surface area contributed by atoms with Crippen molar-refractivity contribution in [2.75, 3.05) is 11.9 Å². The van der Waals surface area contributed by atoms with Gasteiger partial charge in [0.15, 0.2) is 0 Å². The van der Waals surface area contributed by atoms with E-state index in [4.69, 9.17) is 5.73 Å². The largest absolute Gasteiger partial charge is 0.366 e. The minimum atomic E-state index is -0.433. The summed E-state index contributed by atoms with van der Waals surface area (Å²) in [4.78, 5) is 19.4. The van der Waals surface area contributed by atoms with Crippen molar-refractivity contribution in [3.63, 3.8) is 0 Å². The summed E-state index contributed by atoms with van der Waals surface area (Å²) in [7, 11) is 0. The number of nitrogens with one attached hydrogen (secondary N) is 1. The lowest BCUT2D eigenvalue weighted by atomic mass is 10.1. The van der Waals surface area contributed by atoms with Crippen LogP contribution in [0.3, 0.4) is 0 Å². The molecule has 0 fully saturated rings. The Labute approximate surface area is 105 Å². The Kier molecular flexibility index (Phi) is 3.52. The average molecular weight is 242 g/mol. The predicted molar refractivity (Wildman–Crippen MR) is 70.1 cm³/mol. The van der Waals surface area contributed by atoms with Gasteiger partial charge in [0, 0.05) is 23.9 Å². The van der Waals surface area contributed by atoms with E-state index in [9.17, 15) is 4.79 Å². The molecule has 18 heavy (non-hydrogen) atoms. The van der Waals surface area contributed by atoms with E-state index in [2.05, 4.69) is 15.3 Å². The van der Waals surface area contributed by atoms with Gasteiger partial charge in [0.1, 0.15) is 0 Å². The topological polar surface area (TPSA) is 80.9 Å². The van der Waals surface area contributed by atoms with Crippen LogP contribution < -0.4 is 11.1 Å². The van der Waals surface area contributed by atoms with E-state index >= 15 is 0 Å². The van der Waals surface area contributed by atoms with E-state index < -0.39 is 5.91 Å². The first-order valence-electron chi connectivity index (χ1n) is 5.68. The van der Waals surface area contributed by atoms with Crippen molar-refractivity contribution in [2.45, 2.75) is 6.92 Å². The molecule has 1 aromatic heterocycles. The van der Waals surface area contributed by atoms with E-state index in [1.54, 1.807) is 18.3 Å². The standard InChI is InChI=1S/C13H14N4O/c1-2-15-13-16-8-7-11(17-13)9-3-5-10(6-4-9)12(14)18/h3-8H,2H2,1H3,(H2,14,18)(H,15,16,17). The summed E-state index contributed by atoms with van der Waals surface area (Å²) in [5.41, 5.74) is 7.40. The number of nitrogens with two attached hydrogens (primary N) is 1.